The first-order valence-electron chi connectivity index (χ1n) is 8.78. The lowest BCUT2D eigenvalue weighted by molar-refractivity contribution is -0.156. The van der Waals surface area contributed by atoms with Crippen LogP contribution in [0, 0.1) is 11.3 Å². The first kappa shape index (κ1) is 18.1. The molecule has 3 rings (SSSR count). The molecule has 0 heterocycles. The third-order valence-corrected chi connectivity index (χ3v) is 6.63. The monoisotopic (exact) mass is 404 g/mol. The van der Waals surface area contributed by atoms with Gasteiger partial charge < -0.3 is 4.74 Å². The van der Waals surface area contributed by atoms with Crippen molar-refractivity contribution in [2.75, 3.05) is 0 Å². The van der Waals surface area contributed by atoms with Crippen molar-refractivity contribution in [1.82, 2.24) is 0 Å². The fourth-order valence-electron chi connectivity index (χ4n) is 4.15. The molecule has 0 N–H and O–H groups in total. The summed E-state index contributed by atoms with van der Waals surface area (Å²) >= 11 is 3.58. The van der Waals surface area contributed by atoms with Gasteiger partial charge in [-0.1, -0.05) is 27.2 Å². The number of fused-ring (bicyclic) bond motifs is 1. The van der Waals surface area contributed by atoms with Crippen LogP contribution in [0.25, 0.3) is 0 Å². The second kappa shape index (κ2) is 6.53. The van der Waals surface area contributed by atoms with Gasteiger partial charge in [0.05, 0.1) is 0 Å². The molecular weight excluding hydrogens is 380 g/mol. The number of esters is 1. The minimum atomic E-state index is -0.385. The van der Waals surface area contributed by atoms with Gasteiger partial charge in [0, 0.05) is 20.7 Å². The molecule has 2 aliphatic carbocycles. The summed E-state index contributed by atoms with van der Waals surface area (Å²) in [7, 11) is 3.96. The lowest BCUT2D eigenvalue weighted by atomic mass is 9.68. The number of hydrogen-bond donors (Lipinski definition) is 0. The molecule has 1 aromatic carbocycles. The van der Waals surface area contributed by atoms with E-state index in [0.717, 1.165) is 36.6 Å². The van der Waals surface area contributed by atoms with Crippen molar-refractivity contribution in [2.24, 2.45) is 11.3 Å². The van der Waals surface area contributed by atoms with Gasteiger partial charge in [0.2, 0.25) is 0 Å². The second-order valence-corrected chi connectivity index (χ2v) is 9.78. The summed E-state index contributed by atoms with van der Waals surface area (Å²) in [6, 6.07) is 6.59. The summed E-state index contributed by atoms with van der Waals surface area (Å²) in [6.45, 7) is 5.79. The highest BCUT2D eigenvalue weighted by molar-refractivity contribution is 9.10. The highest BCUT2D eigenvalue weighted by atomic mass is 79.9. The lowest BCUT2D eigenvalue weighted by Gasteiger charge is -2.38. The van der Waals surface area contributed by atoms with Gasteiger partial charge in [-0.15, -0.1) is 0 Å². The van der Waals surface area contributed by atoms with Crippen molar-refractivity contribution in [3.8, 4) is 0 Å². The average molecular weight is 405 g/mol. The van der Waals surface area contributed by atoms with Gasteiger partial charge in [0.25, 0.3) is 0 Å². The van der Waals surface area contributed by atoms with Crippen LogP contribution in [-0.2, 0) is 16.0 Å². The van der Waals surface area contributed by atoms with E-state index in [4.69, 9.17) is 4.74 Å². The minimum absolute atomic E-state index is 0.0512. The van der Waals surface area contributed by atoms with E-state index in [1.54, 1.807) is 0 Å². The van der Waals surface area contributed by atoms with Gasteiger partial charge in [-0.2, -0.15) is 0 Å². The SMILES string of the molecule is CC(C)(C)OC(=O)CC1CCC2(CC1)Cc1ccc(Br)cc1C2=[Si]. The number of hydrogen-bond acceptors (Lipinski definition) is 2. The van der Waals surface area contributed by atoms with Crippen LogP contribution in [-0.4, -0.2) is 26.6 Å². The van der Waals surface area contributed by atoms with E-state index in [1.807, 2.05) is 20.8 Å². The third kappa shape index (κ3) is 3.75. The first-order chi connectivity index (χ1) is 11.2. The normalized spacial score (nSPS) is 26.5. The van der Waals surface area contributed by atoms with Crippen LogP contribution in [0.4, 0.5) is 0 Å². The molecule has 2 aliphatic rings. The number of carbonyl (C=O) groups is 1. The van der Waals surface area contributed by atoms with Crippen LogP contribution in [0.1, 0.15) is 64.0 Å². The van der Waals surface area contributed by atoms with E-state index < -0.39 is 0 Å². The zero-order valence-electron chi connectivity index (χ0n) is 14.7. The van der Waals surface area contributed by atoms with E-state index in [1.165, 1.54) is 16.3 Å². The van der Waals surface area contributed by atoms with Crippen molar-refractivity contribution in [3.63, 3.8) is 0 Å². The molecule has 0 aromatic heterocycles. The van der Waals surface area contributed by atoms with E-state index >= 15 is 0 Å². The quantitative estimate of drug-likeness (QED) is 0.531. The summed E-state index contributed by atoms with van der Waals surface area (Å²) in [5, 5.41) is 1.36. The van der Waals surface area contributed by atoms with Crippen LogP contribution in [0.2, 0.25) is 0 Å². The molecule has 1 spiro atoms. The molecule has 0 unspecified atom stereocenters. The largest absolute Gasteiger partial charge is 0.460 e. The Labute approximate surface area is 156 Å². The molecule has 2 nitrogen and oxygen atoms in total. The fraction of sp³-hybridized carbons (Fsp3) is 0.600. The van der Waals surface area contributed by atoms with E-state index in [-0.39, 0.29) is 17.0 Å². The third-order valence-electron chi connectivity index (χ3n) is 5.34. The molecule has 0 atom stereocenters. The minimum Gasteiger partial charge on any atom is -0.460 e. The Kier molecular flexibility index (Phi) is 4.91. The van der Waals surface area contributed by atoms with Gasteiger partial charge in [0.1, 0.15) is 5.60 Å². The van der Waals surface area contributed by atoms with Gasteiger partial charge in [-0.3, -0.25) is 4.79 Å². The van der Waals surface area contributed by atoms with Crippen LogP contribution in [0.15, 0.2) is 22.7 Å². The smallest absolute Gasteiger partial charge is 0.306 e. The summed E-state index contributed by atoms with van der Waals surface area (Å²) < 4.78 is 6.62. The number of benzene rings is 1. The van der Waals surface area contributed by atoms with Gasteiger partial charge >= 0.3 is 5.97 Å². The van der Waals surface area contributed by atoms with Crippen LogP contribution >= 0.6 is 15.9 Å². The second-order valence-electron chi connectivity index (χ2n) is 8.37. The maximum Gasteiger partial charge on any atom is 0.306 e. The predicted octanol–water partition coefficient (Wildman–Crippen LogP) is 4.60. The Bertz CT molecular complexity index is 667. The number of rotatable bonds is 2. The first-order valence-corrected chi connectivity index (χ1v) is 10.1. The summed E-state index contributed by atoms with van der Waals surface area (Å²) in [4.78, 5) is 12.1. The Morgan fingerprint density at radius 1 is 1.33 bits per heavy atom. The molecule has 0 bridgehead atoms. The fourth-order valence-corrected chi connectivity index (χ4v) is 5.09. The molecular formula is C20H25BrO2Si. The number of carbonyl (C=O) groups excluding carboxylic acids is 1. The molecule has 0 aliphatic heterocycles. The van der Waals surface area contributed by atoms with Gasteiger partial charge in [-0.25, -0.2) is 0 Å². The lowest BCUT2D eigenvalue weighted by Crippen LogP contribution is -2.35. The highest BCUT2D eigenvalue weighted by Gasteiger charge is 2.43. The standard InChI is InChI=1S/C20H25BrO2Si/c1-19(2,3)23-17(22)10-13-6-8-20(9-7-13)12-14-4-5-15(21)11-16(14)18(20)24/h4-5,11,13H,6-10,12H2,1-3H3. The van der Waals surface area contributed by atoms with Crippen molar-refractivity contribution in [1.29, 1.82) is 0 Å². The molecule has 2 radical (unpaired) electrons. The Morgan fingerprint density at radius 2 is 2.00 bits per heavy atom. The van der Waals surface area contributed by atoms with Crippen LogP contribution in [0.5, 0.6) is 0 Å². The molecule has 1 saturated carbocycles. The molecule has 1 fully saturated rings. The van der Waals surface area contributed by atoms with E-state index in [2.05, 4.69) is 44.0 Å². The molecule has 24 heavy (non-hydrogen) atoms. The van der Waals surface area contributed by atoms with E-state index in [0.29, 0.717) is 12.3 Å². The van der Waals surface area contributed by atoms with Crippen LogP contribution < -0.4 is 0 Å². The van der Waals surface area contributed by atoms with Crippen molar-refractivity contribution >= 4 is 36.9 Å². The highest BCUT2D eigenvalue weighted by Crippen LogP contribution is 2.49. The summed E-state index contributed by atoms with van der Waals surface area (Å²) in [6.07, 6.45) is 6.17. The maximum absolute atomic E-state index is 12.1. The predicted molar refractivity (Wildman–Crippen MR) is 103 cm³/mol. The number of halogens is 1. The average Bonchev–Trinajstić information content (AvgIpc) is 2.73. The zero-order valence-corrected chi connectivity index (χ0v) is 17.3. The van der Waals surface area contributed by atoms with Crippen molar-refractivity contribution in [2.45, 2.75) is 64.9 Å². The van der Waals surface area contributed by atoms with Gasteiger partial charge in [0.15, 0.2) is 0 Å². The summed E-state index contributed by atoms with van der Waals surface area (Å²) in [5.74, 6) is 0.407. The molecule has 4 heteroatoms. The number of ether oxygens (including phenoxy) is 1. The van der Waals surface area contributed by atoms with E-state index in [9.17, 15) is 4.79 Å². The molecule has 1 aromatic rings. The summed E-state index contributed by atoms with van der Waals surface area (Å²) in [5.41, 5.74) is 2.65. The molecule has 0 amide bonds. The van der Waals surface area contributed by atoms with Crippen molar-refractivity contribution in [3.05, 3.63) is 33.8 Å². The van der Waals surface area contributed by atoms with Crippen LogP contribution in [0.3, 0.4) is 0 Å². The van der Waals surface area contributed by atoms with Crippen molar-refractivity contribution < 1.29 is 9.53 Å². The zero-order chi connectivity index (χ0) is 17.5. The topological polar surface area (TPSA) is 26.3 Å². The Balaban J connectivity index is 1.62. The Hall–Kier alpha value is -0.743. The molecule has 128 valence electrons. The Morgan fingerprint density at radius 3 is 2.62 bits per heavy atom. The maximum atomic E-state index is 12.1. The van der Waals surface area contributed by atoms with Gasteiger partial charge in [-0.05, 0) is 87.5 Å². The molecule has 0 saturated heterocycles.